The van der Waals surface area contributed by atoms with Crippen LogP contribution in [-0.2, 0) is 0 Å². The van der Waals surface area contributed by atoms with Crippen molar-refractivity contribution in [1.82, 2.24) is 0 Å². The Bertz CT molecular complexity index is 232. The summed E-state index contributed by atoms with van der Waals surface area (Å²) >= 11 is 0. The van der Waals surface area contributed by atoms with Crippen molar-refractivity contribution in [2.24, 2.45) is 10.4 Å². The molecule has 1 rings (SSSR count). The third-order valence-electron chi connectivity index (χ3n) is 2.71. The Balaban J connectivity index is 2.35. The average Bonchev–Trinajstić information content (AvgIpc) is 2.85. The third-order valence-corrected chi connectivity index (χ3v) is 2.71. The number of hydrogen-bond acceptors (Lipinski definition) is 1. The Labute approximate surface area is 81.3 Å². The molecule has 0 heterocycles. The Hall–Kier alpha value is -0.850. The molecule has 0 aromatic heterocycles. The first-order valence-corrected chi connectivity index (χ1v) is 5.00. The maximum absolute atomic E-state index is 4.31. The predicted molar refractivity (Wildman–Crippen MR) is 59.0 cm³/mol. The van der Waals surface area contributed by atoms with Crippen LogP contribution in [0.3, 0.4) is 0 Å². The van der Waals surface area contributed by atoms with Crippen LogP contribution in [0.2, 0.25) is 0 Å². The molecule has 0 N–H and O–H groups in total. The van der Waals surface area contributed by atoms with E-state index in [-0.39, 0.29) is 0 Å². The minimum Gasteiger partial charge on any atom is -0.262 e. The topological polar surface area (TPSA) is 12.4 Å². The molecule has 0 spiro atoms. The monoisotopic (exact) mass is 177 g/mol. The summed E-state index contributed by atoms with van der Waals surface area (Å²) in [7, 11) is 0. The van der Waals surface area contributed by atoms with Crippen LogP contribution in [-0.4, -0.2) is 5.71 Å². The fourth-order valence-corrected chi connectivity index (χ4v) is 1.28. The van der Waals surface area contributed by atoms with Gasteiger partial charge in [0.05, 0.1) is 0 Å². The van der Waals surface area contributed by atoms with Gasteiger partial charge in [-0.1, -0.05) is 19.6 Å². The maximum atomic E-state index is 4.31. The molecule has 1 saturated carbocycles. The summed E-state index contributed by atoms with van der Waals surface area (Å²) < 4.78 is 0. The summed E-state index contributed by atoms with van der Waals surface area (Å²) in [5.41, 5.74) is 1.74. The molecular formula is C12H19N. The first kappa shape index (κ1) is 10.2. The van der Waals surface area contributed by atoms with Gasteiger partial charge in [-0.25, -0.2) is 0 Å². The molecule has 0 aromatic rings. The van der Waals surface area contributed by atoms with Crippen LogP contribution >= 0.6 is 0 Å². The molecule has 0 atom stereocenters. The summed E-state index contributed by atoms with van der Waals surface area (Å²) in [5.74, 6) is 0. The van der Waals surface area contributed by atoms with Crippen LogP contribution in [0.15, 0.2) is 29.9 Å². The van der Waals surface area contributed by atoms with E-state index >= 15 is 0 Å². The molecule has 1 aliphatic rings. The van der Waals surface area contributed by atoms with Gasteiger partial charge in [0.2, 0.25) is 0 Å². The molecular weight excluding hydrogens is 158 g/mol. The lowest BCUT2D eigenvalue weighted by atomic mass is 10.0. The zero-order valence-corrected chi connectivity index (χ0v) is 8.71. The van der Waals surface area contributed by atoms with Crippen molar-refractivity contribution in [3.05, 3.63) is 24.9 Å². The van der Waals surface area contributed by atoms with E-state index in [1.54, 1.807) is 0 Å². The second-order valence-corrected chi connectivity index (χ2v) is 4.12. The molecule has 0 unspecified atom stereocenters. The number of hydrogen-bond donors (Lipinski definition) is 0. The van der Waals surface area contributed by atoms with Gasteiger partial charge < -0.3 is 0 Å². The standard InChI is InChI=1S/C12H19N/c1-4-10-13-11(5-2)6-7-12(3)8-9-12/h4-5,10H,2,6-9H2,1,3H3/b10-4-,13-11?. The lowest BCUT2D eigenvalue weighted by Crippen LogP contribution is -1.99. The Kier molecular flexibility index (Phi) is 3.47. The fourth-order valence-electron chi connectivity index (χ4n) is 1.28. The van der Waals surface area contributed by atoms with E-state index in [0.29, 0.717) is 5.41 Å². The highest BCUT2D eigenvalue weighted by molar-refractivity contribution is 5.94. The van der Waals surface area contributed by atoms with E-state index in [1.165, 1.54) is 19.3 Å². The van der Waals surface area contributed by atoms with Crippen molar-refractivity contribution in [3.63, 3.8) is 0 Å². The van der Waals surface area contributed by atoms with Crippen molar-refractivity contribution in [3.8, 4) is 0 Å². The van der Waals surface area contributed by atoms with Crippen molar-refractivity contribution >= 4 is 5.71 Å². The van der Waals surface area contributed by atoms with Gasteiger partial charge >= 0.3 is 0 Å². The average molecular weight is 177 g/mol. The number of aliphatic imine (C=N–C) groups is 1. The molecule has 0 radical (unpaired) electrons. The molecule has 72 valence electrons. The van der Waals surface area contributed by atoms with Gasteiger partial charge in [0.15, 0.2) is 0 Å². The number of nitrogens with zero attached hydrogens (tertiary/aromatic N) is 1. The molecule has 1 fully saturated rings. The molecule has 0 amide bonds. The SMILES string of the molecule is C=CC(CCC1(C)CC1)=N/C=C\C. The lowest BCUT2D eigenvalue weighted by Gasteiger charge is -2.06. The zero-order chi connectivity index (χ0) is 9.73. The van der Waals surface area contributed by atoms with E-state index in [2.05, 4.69) is 18.5 Å². The summed E-state index contributed by atoms with van der Waals surface area (Å²) in [6, 6.07) is 0. The van der Waals surface area contributed by atoms with Gasteiger partial charge in [-0.15, -0.1) is 0 Å². The van der Waals surface area contributed by atoms with Gasteiger partial charge in [0, 0.05) is 11.9 Å². The highest BCUT2D eigenvalue weighted by Gasteiger charge is 2.36. The van der Waals surface area contributed by atoms with Crippen LogP contribution in [0.25, 0.3) is 0 Å². The summed E-state index contributed by atoms with van der Waals surface area (Å²) in [5, 5.41) is 0. The second kappa shape index (κ2) is 4.40. The van der Waals surface area contributed by atoms with Gasteiger partial charge in [0.25, 0.3) is 0 Å². The zero-order valence-electron chi connectivity index (χ0n) is 8.71. The highest BCUT2D eigenvalue weighted by Crippen LogP contribution is 2.48. The van der Waals surface area contributed by atoms with Crippen LogP contribution in [0.1, 0.15) is 39.5 Å². The first-order valence-electron chi connectivity index (χ1n) is 5.00. The summed E-state index contributed by atoms with van der Waals surface area (Å²) in [4.78, 5) is 4.31. The quantitative estimate of drug-likeness (QED) is 0.567. The largest absolute Gasteiger partial charge is 0.262 e. The maximum Gasteiger partial charge on any atom is 0.0397 e. The number of rotatable bonds is 5. The van der Waals surface area contributed by atoms with Gasteiger partial charge in [-0.3, -0.25) is 4.99 Å². The summed E-state index contributed by atoms with van der Waals surface area (Å²) in [6.07, 6.45) is 10.8. The van der Waals surface area contributed by atoms with Crippen LogP contribution < -0.4 is 0 Å². The normalized spacial score (nSPS) is 20.6. The smallest absolute Gasteiger partial charge is 0.0397 e. The first-order chi connectivity index (χ1) is 6.20. The molecule has 13 heavy (non-hydrogen) atoms. The van der Waals surface area contributed by atoms with Crippen molar-refractivity contribution in [1.29, 1.82) is 0 Å². The molecule has 1 nitrogen and oxygen atoms in total. The van der Waals surface area contributed by atoms with Crippen LogP contribution in [0.5, 0.6) is 0 Å². The fraction of sp³-hybridized carbons (Fsp3) is 0.583. The van der Waals surface area contributed by atoms with Crippen LogP contribution in [0.4, 0.5) is 0 Å². The van der Waals surface area contributed by atoms with Gasteiger partial charge in [0.1, 0.15) is 0 Å². The van der Waals surface area contributed by atoms with Gasteiger partial charge in [-0.2, -0.15) is 0 Å². The Morgan fingerprint density at radius 1 is 1.54 bits per heavy atom. The van der Waals surface area contributed by atoms with Crippen LogP contribution in [0, 0.1) is 5.41 Å². The Morgan fingerprint density at radius 3 is 2.69 bits per heavy atom. The molecule has 0 saturated heterocycles. The molecule has 1 aliphatic carbocycles. The number of allylic oxidation sites excluding steroid dienone is 2. The van der Waals surface area contributed by atoms with Gasteiger partial charge in [-0.05, 0) is 44.1 Å². The van der Waals surface area contributed by atoms with E-state index < -0.39 is 0 Å². The lowest BCUT2D eigenvalue weighted by molar-refractivity contribution is 0.532. The second-order valence-electron chi connectivity index (χ2n) is 4.12. The van der Waals surface area contributed by atoms with Crippen molar-refractivity contribution < 1.29 is 0 Å². The highest BCUT2D eigenvalue weighted by atomic mass is 14.7. The van der Waals surface area contributed by atoms with E-state index in [4.69, 9.17) is 0 Å². The van der Waals surface area contributed by atoms with Crippen molar-refractivity contribution in [2.75, 3.05) is 0 Å². The third kappa shape index (κ3) is 3.58. The van der Waals surface area contributed by atoms with Crippen molar-refractivity contribution in [2.45, 2.75) is 39.5 Å². The Morgan fingerprint density at radius 2 is 2.23 bits per heavy atom. The molecule has 0 aromatic carbocycles. The predicted octanol–water partition coefficient (Wildman–Crippen LogP) is 3.73. The molecule has 0 aliphatic heterocycles. The minimum absolute atomic E-state index is 0.625. The van der Waals surface area contributed by atoms with E-state index in [0.717, 1.165) is 12.1 Å². The molecule has 0 bridgehead atoms. The van der Waals surface area contributed by atoms with E-state index in [9.17, 15) is 0 Å². The summed E-state index contributed by atoms with van der Waals surface area (Å²) in [6.45, 7) is 8.10. The minimum atomic E-state index is 0.625. The molecule has 1 heteroatoms. The van der Waals surface area contributed by atoms with E-state index in [1.807, 2.05) is 25.3 Å².